The number of para-hydroxylation sites is 2. The van der Waals surface area contributed by atoms with Crippen molar-refractivity contribution in [2.75, 3.05) is 6.61 Å². The Morgan fingerprint density at radius 3 is 2.38 bits per heavy atom. The Morgan fingerprint density at radius 1 is 1.03 bits per heavy atom. The lowest BCUT2D eigenvalue weighted by Gasteiger charge is -2.19. The molecule has 0 aliphatic heterocycles. The third kappa shape index (κ3) is 5.50. The molecule has 1 atom stereocenters. The lowest BCUT2D eigenvalue weighted by molar-refractivity contribution is 0.0937. The van der Waals surface area contributed by atoms with Gasteiger partial charge >= 0.3 is 0 Å². The monoisotopic (exact) mass is 519 g/mol. The summed E-state index contributed by atoms with van der Waals surface area (Å²) >= 11 is 3.41. The van der Waals surface area contributed by atoms with E-state index in [9.17, 15) is 4.79 Å². The number of halogens is 1. The summed E-state index contributed by atoms with van der Waals surface area (Å²) < 4.78 is 9.12. The summed E-state index contributed by atoms with van der Waals surface area (Å²) in [5.74, 6) is 1.52. The van der Waals surface area contributed by atoms with Crippen LogP contribution in [0.5, 0.6) is 5.75 Å². The van der Waals surface area contributed by atoms with E-state index >= 15 is 0 Å². The van der Waals surface area contributed by atoms with Gasteiger partial charge in [0.2, 0.25) is 0 Å². The molecule has 5 nitrogen and oxygen atoms in total. The predicted molar refractivity (Wildman–Crippen MR) is 140 cm³/mol. The van der Waals surface area contributed by atoms with Gasteiger partial charge in [-0.15, -0.1) is 0 Å². The van der Waals surface area contributed by atoms with Crippen LogP contribution in [-0.2, 0) is 12.0 Å². The minimum atomic E-state index is -0.269. The fraction of sp³-hybridized carbons (Fsp3) is 0.286. The maximum atomic E-state index is 12.8. The average Bonchev–Trinajstić information content (AvgIpc) is 3.18. The van der Waals surface area contributed by atoms with Gasteiger partial charge in [-0.1, -0.05) is 61.0 Å². The Labute approximate surface area is 209 Å². The number of imidazole rings is 1. The van der Waals surface area contributed by atoms with Crippen LogP contribution in [0.25, 0.3) is 11.0 Å². The van der Waals surface area contributed by atoms with Crippen molar-refractivity contribution < 1.29 is 9.53 Å². The molecule has 0 saturated heterocycles. The first-order chi connectivity index (χ1) is 16.2. The Hall–Kier alpha value is -3.12. The van der Waals surface area contributed by atoms with E-state index in [0.717, 1.165) is 27.1 Å². The number of amides is 1. The summed E-state index contributed by atoms with van der Waals surface area (Å²) in [6, 6.07) is 23.3. The molecule has 1 N–H and O–H groups in total. The molecule has 1 unspecified atom stereocenters. The van der Waals surface area contributed by atoms with Crippen LogP contribution in [0.2, 0.25) is 0 Å². The first kappa shape index (κ1) is 24.0. The molecular weight excluding hydrogens is 490 g/mol. The van der Waals surface area contributed by atoms with Crippen LogP contribution in [-0.4, -0.2) is 22.1 Å². The van der Waals surface area contributed by atoms with Gasteiger partial charge in [-0.05, 0) is 66.4 Å². The third-order valence-corrected chi connectivity index (χ3v) is 6.36. The van der Waals surface area contributed by atoms with Gasteiger partial charge in [-0.2, -0.15) is 0 Å². The minimum absolute atomic E-state index is 0.111. The van der Waals surface area contributed by atoms with E-state index in [1.807, 2.05) is 55.5 Å². The largest absolute Gasteiger partial charge is 0.492 e. The lowest BCUT2D eigenvalue weighted by atomic mass is 9.87. The van der Waals surface area contributed by atoms with Gasteiger partial charge in [-0.25, -0.2) is 4.98 Å². The molecule has 0 aliphatic rings. The third-order valence-electron chi connectivity index (χ3n) is 5.83. The summed E-state index contributed by atoms with van der Waals surface area (Å²) in [6.07, 6.45) is 0. The molecule has 3 aromatic carbocycles. The van der Waals surface area contributed by atoms with E-state index in [2.05, 4.69) is 58.7 Å². The van der Waals surface area contributed by atoms with E-state index in [4.69, 9.17) is 9.72 Å². The lowest BCUT2D eigenvalue weighted by Crippen LogP contribution is -2.29. The number of nitrogens with one attached hydrogen (secondary N) is 1. The maximum Gasteiger partial charge on any atom is 0.251 e. The number of benzene rings is 3. The molecule has 0 bridgehead atoms. The normalized spacial score (nSPS) is 12.5. The van der Waals surface area contributed by atoms with E-state index < -0.39 is 0 Å². The molecule has 4 rings (SSSR count). The van der Waals surface area contributed by atoms with Crippen molar-refractivity contribution in [3.63, 3.8) is 0 Å². The second kappa shape index (κ2) is 10.0. The molecule has 0 aliphatic carbocycles. The average molecular weight is 520 g/mol. The van der Waals surface area contributed by atoms with Crippen molar-refractivity contribution >= 4 is 32.9 Å². The van der Waals surface area contributed by atoms with Crippen molar-refractivity contribution in [1.29, 1.82) is 0 Å². The second-order valence-electron chi connectivity index (χ2n) is 9.44. The number of ether oxygens (including phenoxy) is 1. The van der Waals surface area contributed by atoms with Crippen LogP contribution >= 0.6 is 15.9 Å². The number of rotatable bonds is 7. The highest BCUT2D eigenvalue weighted by Crippen LogP contribution is 2.25. The number of carbonyl (C=O) groups is 1. The highest BCUT2D eigenvalue weighted by atomic mass is 79.9. The SMILES string of the molecule is CC(NC(=O)c1ccc(Br)cc1)c1nc2ccccc2n1CCOc1ccc(C(C)(C)C)cc1. The summed E-state index contributed by atoms with van der Waals surface area (Å²) in [5.41, 5.74) is 3.92. The van der Waals surface area contributed by atoms with Crippen LogP contribution in [0.15, 0.2) is 77.3 Å². The number of nitrogens with zero attached hydrogens (tertiary/aromatic N) is 2. The van der Waals surface area contributed by atoms with Crippen LogP contribution in [0.3, 0.4) is 0 Å². The number of hydrogen-bond donors (Lipinski definition) is 1. The zero-order chi connectivity index (χ0) is 24.3. The first-order valence-corrected chi connectivity index (χ1v) is 12.3. The van der Waals surface area contributed by atoms with Gasteiger partial charge in [0.15, 0.2) is 0 Å². The molecular formula is C28H30BrN3O2. The van der Waals surface area contributed by atoms with Crippen molar-refractivity contribution in [2.45, 2.75) is 45.7 Å². The van der Waals surface area contributed by atoms with E-state index in [0.29, 0.717) is 18.7 Å². The van der Waals surface area contributed by atoms with E-state index in [-0.39, 0.29) is 17.4 Å². The van der Waals surface area contributed by atoms with Crippen LogP contribution < -0.4 is 10.1 Å². The summed E-state index contributed by atoms with van der Waals surface area (Å²) in [6.45, 7) is 9.67. The van der Waals surface area contributed by atoms with Crippen LogP contribution in [0.4, 0.5) is 0 Å². The highest BCUT2D eigenvalue weighted by molar-refractivity contribution is 9.10. The van der Waals surface area contributed by atoms with Crippen molar-refractivity contribution in [3.05, 3.63) is 94.2 Å². The van der Waals surface area contributed by atoms with Gasteiger partial charge in [-0.3, -0.25) is 4.79 Å². The number of aromatic nitrogens is 2. The minimum Gasteiger partial charge on any atom is -0.492 e. The fourth-order valence-corrected chi connectivity index (χ4v) is 4.18. The van der Waals surface area contributed by atoms with Crippen LogP contribution in [0, 0.1) is 0 Å². The first-order valence-electron chi connectivity index (χ1n) is 11.5. The molecule has 0 saturated carbocycles. The van der Waals surface area contributed by atoms with Crippen molar-refractivity contribution in [1.82, 2.24) is 14.9 Å². The van der Waals surface area contributed by atoms with Crippen molar-refractivity contribution in [2.24, 2.45) is 0 Å². The zero-order valence-corrected chi connectivity index (χ0v) is 21.6. The van der Waals surface area contributed by atoms with Gasteiger partial charge in [0.1, 0.15) is 18.2 Å². The van der Waals surface area contributed by atoms with E-state index in [1.54, 1.807) is 12.1 Å². The molecule has 1 aromatic heterocycles. The Balaban J connectivity index is 1.49. The van der Waals surface area contributed by atoms with Crippen LogP contribution in [0.1, 0.15) is 55.5 Å². The van der Waals surface area contributed by atoms with Gasteiger partial charge < -0.3 is 14.6 Å². The molecule has 6 heteroatoms. The van der Waals surface area contributed by atoms with Gasteiger partial charge in [0.05, 0.1) is 23.6 Å². The topological polar surface area (TPSA) is 56.2 Å². The fourth-order valence-electron chi connectivity index (χ4n) is 3.91. The highest BCUT2D eigenvalue weighted by Gasteiger charge is 2.19. The second-order valence-corrected chi connectivity index (χ2v) is 10.4. The molecule has 1 heterocycles. The molecule has 0 spiro atoms. The van der Waals surface area contributed by atoms with E-state index in [1.165, 1.54) is 5.56 Å². The molecule has 0 fully saturated rings. The number of carbonyl (C=O) groups excluding carboxylic acids is 1. The standard InChI is InChI=1S/C28H30BrN3O2/c1-19(30-27(33)20-9-13-22(29)14-10-20)26-31-24-7-5-6-8-25(24)32(26)17-18-34-23-15-11-21(12-16-23)28(2,3)4/h5-16,19H,17-18H2,1-4H3,(H,30,33). The van der Waals surface area contributed by atoms with Gasteiger partial charge in [0.25, 0.3) is 5.91 Å². The molecule has 34 heavy (non-hydrogen) atoms. The predicted octanol–water partition coefficient (Wildman–Crippen LogP) is 6.67. The number of fused-ring (bicyclic) bond motifs is 1. The smallest absolute Gasteiger partial charge is 0.251 e. The van der Waals surface area contributed by atoms with Gasteiger partial charge in [0, 0.05) is 10.0 Å². The maximum absolute atomic E-state index is 12.8. The molecule has 1 amide bonds. The summed E-state index contributed by atoms with van der Waals surface area (Å²) in [4.78, 5) is 17.6. The Bertz CT molecular complexity index is 1270. The summed E-state index contributed by atoms with van der Waals surface area (Å²) in [7, 11) is 0. The molecule has 176 valence electrons. The quantitative estimate of drug-likeness (QED) is 0.296. The Morgan fingerprint density at radius 2 is 1.71 bits per heavy atom. The molecule has 0 radical (unpaired) electrons. The zero-order valence-electron chi connectivity index (χ0n) is 20.0. The molecule has 4 aromatic rings. The summed E-state index contributed by atoms with van der Waals surface area (Å²) in [5, 5.41) is 3.08. The Kier molecular flexibility index (Phi) is 7.08. The van der Waals surface area contributed by atoms with Crippen molar-refractivity contribution in [3.8, 4) is 5.75 Å². The number of hydrogen-bond acceptors (Lipinski definition) is 3.